The predicted molar refractivity (Wildman–Crippen MR) is 97.7 cm³/mol. The van der Waals surface area contributed by atoms with Crippen LogP contribution in [-0.2, 0) is 4.79 Å². The van der Waals surface area contributed by atoms with Gasteiger partial charge in [0.15, 0.2) is 0 Å². The Morgan fingerprint density at radius 2 is 1.50 bits per heavy atom. The van der Waals surface area contributed by atoms with Crippen LogP contribution in [-0.4, -0.2) is 54.7 Å². The highest BCUT2D eigenvalue weighted by Crippen LogP contribution is 2.22. The van der Waals surface area contributed by atoms with Gasteiger partial charge < -0.3 is 10.2 Å². The fourth-order valence-electron chi connectivity index (χ4n) is 3.07. The smallest absolute Gasteiger partial charge is 0.262 e. The molecule has 6 heteroatoms. The van der Waals surface area contributed by atoms with Crippen molar-refractivity contribution in [2.24, 2.45) is 0 Å². The number of carbonyl (C=O) groups excluding carboxylic acids is 3. The van der Waals surface area contributed by atoms with E-state index < -0.39 is 11.8 Å². The zero-order chi connectivity index (χ0) is 18.7. The molecule has 2 aromatic rings. The molecule has 2 aromatic carbocycles. The van der Waals surface area contributed by atoms with E-state index in [0.717, 1.165) is 10.5 Å². The SMILES string of the molecule is CN(C)[C@H](CNC(=O)CN1C(=O)c2ccccc2C1=O)c1ccccc1. The summed E-state index contributed by atoms with van der Waals surface area (Å²) in [5.41, 5.74) is 1.78. The lowest BCUT2D eigenvalue weighted by Crippen LogP contribution is -2.42. The normalized spacial score (nSPS) is 14.5. The van der Waals surface area contributed by atoms with Crippen LogP contribution in [0.5, 0.6) is 0 Å². The molecule has 0 aromatic heterocycles. The highest BCUT2D eigenvalue weighted by atomic mass is 16.2. The second-order valence-electron chi connectivity index (χ2n) is 6.44. The molecule has 0 spiro atoms. The Bertz CT molecular complexity index is 798. The van der Waals surface area contributed by atoms with Gasteiger partial charge in [-0.05, 0) is 31.8 Å². The second-order valence-corrected chi connectivity index (χ2v) is 6.44. The van der Waals surface area contributed by atoms with Crippen molar-refractivity contribution in [3.8, 4) is 0 Å². The average molecular weight is 351 g/mol. The molecule has 0 bridgehead atoms. The number of hydrogen-bond donors (Lipinski definition) is 1. The Labute approximate surface area is 152 Å². The molecule has 0 fully saturated rings. The number of fused-ring (bicyclic) bond motifs is 1. The summed E-state index contributed by atoms with van der Waals surface area (Å²) in [6.45, 7) is 0.111. The first-order chi connectivity index (χ1) is 12.5. The molecule has 6 nitrogen and oxygen atoms in total. The molecule has 1 atom stereocenters. The van der Waals surface area contributed by atoms with E-state index in [0.29, 0.717) is 17.7 Å². The van der Waals surface area contributed by atoms with Crippen molar-refractivity contribution in [1.82, 2.24) is 15.1 Å². The monoisotopic (exact) mass is 351 g/mol. The largest absolute Gasteiger partial charge is 0.353 e. The Balaban J connectivity index is 1.63. The Morgan fingerprint density at radius 3 is 2.04 bits per heavy atom. The van der Waals surface area contributed by atoms with Crippen LogP contribution >= 0.6 is 0 Å². The van der Waals surface area contributed by atoms with E-state index in [1.165, 1.54) is 0 Å². The zero-order valence-corrected chi connectivity index (χ0v) is 14.8. The Kier molecular flexibility index (Phi) is 5.14. The summed E-state index contributed by atoms with van der Waals surface area (Å²) >= 11 is 0. The van der Waals surface area contributed by atoms with Crippen LogP contribution in [0.4, 0.5) is 0 Å². The van der Waals surface area contributed by atoms with Gasteiger partial charge in [0, 0.05) is 6.54 Å². The molecule has 3 rings (SSSR count). The van der Waals surface area contributed by atoms with E-state index in [1.54, 1.807) is 24.3 Å². The van der Waals surface area contributed by atoms with Gasteiger partial charge in [0.1, 0.15) is 6.54 Å². The van der Waals surface area contributed by atoms with Crippen molar-refractivity contribution in [3.63, 3.8) is 0 Å². The summed E-state index contributed by atoms with van der Waals surface area (Å²) < 4.78 is 0. The first kappa shape index (κ1) is 17.8. The summed E-state index contributed by atoms with van der Waals surface area (Å²) in [6.07, 6.45) is 0. The molecule has 1 N–H and O–H groups in total. The molecular weight excluding hydrogens is 330 g/mol. The summed E-state index contributed by atoms with van der Waals surface area (Å²) in [6, 6.07) is 16.5. The number of amides is 3. The maximum atomic E-state index is 12.3. The molecule has 0 aliphatic carbocycles. The maximum Gasteiger partial charge on any atom is 0.262 e. The van der Waals surface area contributed by atoms with Gasteiger partial charge in [0.05, 0.1) is 17.2 Å². The third-order valence-corrected chi connectivity index (χ3v) is 4.48. The van der Waals surface area contributed by atoms with Gasteiger partial charge in [-0.15, -0.1) is 0 Å². The van der Waals surface area contributed by atoms with Crippen LogP contribution < -0.4 is 5.32 Å². The van der Waals surface area contributed by atoms with Crippen molar-refractivity contribution in [1.29, 1.82) is 0 Å². The minimum absolute atomic E-state index is 0.00216. The van der Waals surface area contributed by atoms with E-state index >= 15 is 0 Å². The summed E-state index contributed by atoms with van der Waals surface area (Å²) in [5.74, 6) is -1.21. The summed E-state index contributed by atoms with van der Waals surface area (Å²) in [4.78, 5) is 40.0. The van der Waals surface area contributed by atoms with Gasteiger partial charge in [-0.2, -0.15) is 0 Å². The molecule has 0 saturated carbocycles. The lowest BCUT2D eigenvalue weighted by molar-refractivity contribution is -0.121. The van der Waals surface area contributed by atoms with E-state index in [4.69, 9.17) is 0 Å². The van der Waals surface area contributed by atoms with Crippen LogP contribution in [0.25, 0.3) is 0 Å². The summed E-state index contributed by atoms with van der Waals surface area (Å²) in [5, 5.41) is 2.83. The minimum atomic E-state index is -0.423. The molecule has 3 amide bonds. The lowest BCUT2D eigenvalue weighted by atomic mass is 10.1. The van der Waals surface area contributed by atoms with Gasteiger partial charge in [-0.25, -0.2) is 0 Å². The summed E-state index contributed by atoms with van der Waals surface area (Å²) in [7, 11) is 3.88. The van der Waals surface area contributed by atoms with Crippen molar-refractivity contribution < 1.29 is 14.4 Å². The standard InChI is InChI=1S/C20H21N3O3/c1-22(2)17(14-8-4-3-5-9-14)12-21-18(24)13-23-19(25)15-10-6-7-11-16(15)20(23)26/h3-11,17H,12-13H2,1-2H3,(H,21,24)/t17-/m1/s1. The van der Waals surface area contributed by atoms with Gasteiger partial charge in [0.25, 0.3) is 11.8 Å². The van der Waals surface area contributed by atoms with Gasteiger partial charge in [-0.1, -0.05) is 42.5 Å². The molecule has 1 aliphatic heterocycles. The maximum absolute atomic E-state index is 12.3. The lowest BCUT2D eigenvalue weighted by Gasteiger charge is -2.25. The van der Waals surface area contributed by atoms with Crippen molar-refractivity contribution in [2.75, 3.05) is 27.2 Å². The number of carbonyl (C=O) groups is 3. The number of likely N-dealkylation sites (N-methyl/N-ethyl adjacent to an activating group) is 1. The minimum Gasteiger partial charge on any atom is -0.353 e. The van der Waals surface area contributed by atoms with Crippen molar-refractivity contribution >= 4 is 17.7 Å². The fraction of sp³-hybridized carbons (Fsp3) is 0.250. The third-order valence-electron chi connectivity index (χ3n) is 4.48. The van der Waals surface area contributed by atoms with E-state index in [-0.39, 0.29) is 18.5 Å². The van der Waals surface area contributed by atoms with E-state index in [2.05, 4.69) is 5.32 Å². The number of rotatable bonds is 6. The molecular formula is C20H21N3O3. The quantitative estimate of drug-likeness (QED) is 0.805. The van der Waals surface area contributed by atoms with Crippen LogP contribution in [0.15, 0.2) is 54.6 Å². The van der Waals surface area contributed by atoms with Crippen LogP contribution in [0, 0.1) is 0 Å². The molecule has 0 radical (unpaired) electrons. The number of benzene rings is 2. The predicted octanol–water partition coefficient (Wildman–Crippen LogP) is 1.70. The first-order valence-corrected chi connectivity index (χ1v) is 8.42. The molecule has 1 heterocycles. The average Bonchev–Trinajstić information content (AvgIpc) is 2.88. The molecule has 0 saturated heterocycles. The van der Waals surface area contributed by atoms with Crippen molar-refractivity contribution in [3.05, 3.63) is 71.3 Å². The molecule has 1 aliphatic rings. The van der Waals surface area contributed by atoms with Gasteiger partial charge in [0.2, 0.25) is 5.91 Å². The van der Waals surface area contributed by atoms with Crippen LogP contribution in [0.1, 0.15) is 32.3 Å². The van der Waals surface area contributed by atoms with E-state index in [9.17, 15) is 14.4 Å². The van der Waals surface area contributed by atoms with Gasteiger partial charge in [-0.3, -0.25) is 19.3 Å². The molecule has 0 unspecified atom stereocenters. The van der Waals surface area contributed by atoms with Crippen LogP contribution in [0.2, 0.25) is 0 Å². The topological polar surface area (TPSA) is 69.7 Å². The van der Waals surface area contributed by atoms with E-state index in [1.807, 2.05) is 49.3 Å². The number of nitrogens with zero attached hydrogens (tertiary/aromatic N) is 2. The Hall–Kier alpha value is -2.99. The Morgan fingerprint density at radius 1 is 0.962 bits per heavy atom. The number of hydrogen-bond acceptors (Lipinski definition) is 4. The molecule has 26 heavy (non-hydrogen) atoms. The van der Waals surface area contributed by atoms with Gasteiger partial charge >= 0.3 is 0 Å². The fourth-order valence-corrected chi connectivity index (χ4v) is 3.07. The number of imide groups is 1. The van der Waals surface area contributed by atoms with Crippen LogP contribution in [0.3, 0.4) is 0 Å². The second kappa shape index (κ2) is 7.49. The highest BCUT2D eigenvalue weighted by Gasteiger charge is 2.36. The highest BCUT2D eigenvalue weighted by molar-refractivity contribution is 6.22. The zero-order valence-electron chi connectivity index (χ0n) is 14.8. The van der Waals surface area contributed by atoms with Crippen molar-refractivity contribution in [2.45, 2.75) is 6.04 Å². The molecule has 134 valence electrons. The third kappa shape index (κ3) is 3.50. The number of nitrogens with one attached hydrogen (secondary N) is 1. The first-order valence-electron chi connectivity index (χ1n) is 8.42.